The lowest BCUT2D eigenvalue weighted by Gasteiger charge is -2.21. The third-order valence-corrected chi connectivity index (χ3v) is 7.27. The second kappa shape index (κ2) is 8.67. The number of thioether (sulfide) groups is 2. The quantitative estimate of drug-likeness (QED) is 0.649. The van der Waals surface area contributed by atoms with E-state index >= 15 is 0 Å². The van der Waals surface area contributed by atoms with Crippen LogP contribution in [-0.4, -0.2) is 29.0 Å². The van der Waals surface area contributed by atoms with E-state index in [0.717, 1.165) is 10.9 Å². The molecule has 1 saturated heterocycles. The van der Waals surface area contributed by atoms with Gasteiger partial charge in [-0.2, -0.15) is 0 Å². The molecule has 4 rings (SSSR count). The number of anilines is 1. The molecule has 0 bridgehead atoms. The summed E-state index contributed by atoms with van der Waals surface area (Å²) in [6.07, 6.45) is 3.01. The number of amides is 1. The Morgan fingerprint density at radius 1 is 1.07 bits per heavy atom. The van der Waals surface area contributed by atoms with Crippen LogP contribution < -0.4 is 10.1 Å². The predicted octanol–water partition coefficient (Wildman–Crippen LogP) is 5.12. The molecule has 6 heteroatoms. The number of nitrogens with zero attached hydrogens (tertiary/aromatic N) is 1. The van der Waals surface area contributed by atoms with Crippen molar-refractivity contribution in [2.24, 2.45) is 0 Å². The van der Waals surface area contributed by atoms with Crippen molar-refractivity contribution in [2.75, 3.05) is 23.4 Å². The molecule has 1 aliphatic heterocycles. The molecule has 138 valence electrons. The fourth-order valence-electron chi connectivity index (χ4n) is 2.94. The van der Waals surface area contributed by atoms with Crippen LogP contribution in [0.4, 0.5) is 5.69 Å². The highest BCUT2D eigenvalue weighted by Crippen LogP contribution is 2.43. The van der Waals surface area contributed by atoms with Crippen LogP contribution in [0.5, 0.6) is 5.75 Å². The summed E-state index contributed by atoms with van der Waals surface area (Å²) in [5.41, 5.74) is 2.78. The lowest BCUT2D eigenvalue weighted by Crippen LogP contribution is -2.20. The molecule has 0 saturated carbocycles. The Morgan fingerprint density at radius 2 is 1.85 bits per heavy atom. The zero-order valence-corrected chi connectivity index (χ0v) is 16.4. The van der Waals surface area contributed by atoms with E-state index in [1.54, 1.807) is 6.20 Å². The Balaban J connectivity index is 1.35. The van der Waals surface area contributed by atoms with Crippen LogP contribution in [0.3, 0.4) is 0 Å². The van der Waals surface area contributed by atoms with Gasteiger partial charge in [0.2, 0.25) is 0 Å². The summed E-state index contributed by atoms with van der Waals surface area (Å²) in [6.45, 7) is -0.0322. The molecule has 2 heterocycles. The number of hydrogen-bond donors (Lipinski definition) is 1. The van der Waals surface area contributed by atoms with Crippen LogP contribution in [0.25, 0.3) is 10.9 Å². The predicted molar refractivity (Wildman–Crippen MR) is 115 cm³/mol. The number of fused-ring (bicyclic) bond motifs is 1. The summed E-state index contributed by atoms with van der Waals surface area (Å²) in [6, 6.07) is 17.6. The Morgan fingerprint density at radius 3 is 2.67 bits per heavy atom. The number of hydrogen-bond acceptors (Lipinski definition) is 5. The fraction of sp³-hybridized carbons (Fsp3) is 0.238. The zero-order valence-electron chi connectivity index (χ0n) is 14.8. The molecule has 1 fully saturated rings. The van der Waals surface area contributed by atoms with Gasteiger partial charge in [-0.3, -0.25) is 9.78 Å². The Labute approximate surface area is 167 Å². The summed E-state index contributed by atoms with van der Waals surface area (Å²) < 4.78 is 6.16. The van der Waals surface area contributed by atoms with Gasteiger partial charge in [0.1, 0.15) is 5.75 Å². The average Bonchev–Trinajstić information content (AvgIpc) is 2.74. The van der Waals surface area contributed by atoms with Gasteiger partial charge in [0, 0.05) is 11.6 Å². The van der Waals surface area contributed by atoms with E-state index in [1.807, 2.05) is 66.0 Å². The lowest BCUT2D eigenvalue weighted by atomic mass is 10.2. The largest absolute Gasteiger partial charge is 0.484 e. The van der Waals surface area contributed by atoms with E-state index < -0.39 is 0 Å². The monoisotopic (exact) mass is 396 g/mol. The van der Waals surface area contributed by atoms with Crippen molar-refractivity contribution >= 4 is 46.0 Å². The minimum absolute atomic E-state index is 0.0322. The first-order valence-corrected chi connectivity index (χ1v) is 11.0. The fourth-order valence-corrected chi connectivity index (χ4v) is 5.84. The van der Waals surface area contributed by atoms with Crippen LogP contribution in [0.2, 0.25) is 0 Å². The number of para-hydroxylation sites is 1. The van der Waals surface area contributed by atoms with E-state index in [2.05, 4.69) is 22.4 Å². The van der Waals surface area contributed by atoms with Crippen molar-refractivity contribution in [1.29, 1.82) is 0 Å². The first-order chi connectivity index (χ1) is 13.3. The second-order valence-electron chi connectivity index (χ2n) is 6.21. The van der Waals surface area contributed by atoms with Crippen molar-refractivity contribution < 1.29 is 9.53 Å². The molecule has 0 aliphatic carbocycles. The molecule has 2 aromatic carbocycles. The minimum Gasteiger partial charge on any atom is -0.484 e. The summed E-state index contributed by atoms with van der Waals surface area (Å²) in [5.74, 6) is 2.95. The van der Waals surface area contributed by atoms with Gasteiger partial charge in [-0.25, -0.2) is 0 Å². The van der Waals surface area contributed by atoms with Crippen LogP contribution in [-0.2, 0) is 4.79 Å². The number of carbonyl (C=O) groups excluding carboxylic acids is 1. The first-order valence-electron chi connectivity index (χ1n) is 8.89. The Hall–Kier alpha value is -2.18. The highest BCUT2D eigenvalue weighted by atomic mass is 32.2. The molecule has 0 unspecified atom stereocenters. The maximum atomic E-state index is 12.3. The third-order valence-electron chi connectivity index (χ3n) is 4.26. The van der Waals surface area contributed by atoms with Gasteiger partial charge < -0.3 is 10.1 Å². The van der Waals surface area contributed by atoms with Gasteiger partial charge in [0.05, 0.1) is 15.8 Å². The molecule has 3 aromatic rings. The highest BCUT2D eigenvalue weighted by Gasteiger charge is 2.16. The molecule has 27 heavy (non-hydrogen) atoms. The van der Waals surface area contributed by atoms with Gasteiger partial charge in [-0.1, -0.05) is 30.3 Å². The van der Waals surface area contributed by atoms with Crippen LogP contribution >= 0.6 is 23.5 Å². The number of nitrogens with one attached hydrogen (secondary N) is 1. The second-order valence-corrected chi connectivity index (χ2v) is 8.94. The average molecular weight is 397 g/mol. The zero-order chi connectivity index (χ0) is 18.5. The van der Waals surface area contributed by atoms with Crippen LogP contribution in [0.15, 0.2) is 60.8 Å². The molecule has 1 amide bonds. The first kappa shape index (κ1) is 18.2. The van der Waals surface area contributed by atoms with Gasteiger partial charge >= 0.3 is 0 Å². The maximum Gasteiger partial charge on any atom is 0.262 e. The Kier molecular flexibility index (Phi) is 5.84. The van der Waals surface area contributed by atoms with Crippen molar-refractivity contribution in [3.05, 3.63) is 66.4 Å². The van der Waals surface area contributed by atoms with Crippen molar-refractivity contribution in [3.63, 3.8) is 0 Å². The smallest absolute Gasteiger partial charge is 0.262 e. The van der Waals surface area contributed by atoms with Gasteiger partial charge in [0.25, 0.3) is 5.91 Å². The van der Waals surface area contributed by atoms with Crippen LogP contribution in [0, 0.1) is 0 Å². The van der Waals surface area contributed by atoms with Gasteiger partial charge in [-0.05, 0) is 47.8 Å². The molecule has 0 radical (unpaired) electrons. The van der Waals surface area contributed by atoms with E-state index in [4.69, 9.17) is 4.74 Å². The SMILES string of the molecule is O=C(COc1ccc(C2SCCCS2)cc1)Nc1cccc2cccnc12. The number of carbonyl (C=O) groups is 1. The van der Waals surface area contributed by atoms with E-state index in [0.29, 0.717) is 16.0 Å². The van der Waals surface area contributed by atoms with Crippen LogP contribution in [0.1, 0.15) is 16.6 Å². The molecular weight excluding hydrogens is 376 g/mol. The van der Waals surface area contributed by atoms with Gasteiger partial charge in [-0.15, -0.1) is 23.5 Å². The van der Waals surface area contributed by atoms with Crippen molar-refractivity contribution in [1.82, 2.24) is 4.98 Å². The Bertz CT molecular complexity index is 920. The number of pyridine rings is 1. The number of aromatic nitrogens is 1. The summed E-state index contributed by atoms with van der Waals surface area (Å²) in [5, 5.41) is 3.88. The molecule has 1 N–H and O–H groups in total. The third kappa shape index (κ3) is 4.57. The summed E-state index contributed by atoms with van der Waals surface area (Å²) in [7, 11) is 0. The standard InChI is InChI=1S/C21H20N2O2S2/c24-19(23-18-6-1-4-15-5-2-11-22-20(15)18)14-25-17-9-7-16(8-10-17)21-26-12-3-13-27-21/h1-2,4-11,21H,3,12-14H2,(H,23,24). The molecular formula is C21H20N2O2S2. The molecule has 0 spiro atoms. The van der Waals surface area contributed by atoms with E-state index in [9.17, 15) is 4.79 Å². The molecule has 0 atom stereocenters. The topological polar surface area (TPSA) is 51.2 Å². The van der Waals surface area contributed by atoms with Crippen molar-refractivity contribution in [2.45, 2.75) is 11.0 Å². The maximum absolute atomic E-state index is 12.3. The van der Waals surface area contributed by atoms with E-state index in [1.165, 1.54) is 23.5 Å². The minimum atomic E-state index is -0.198. The van der Waals surface area contributed by atoms with E-state index in [-0.39, 0.29) is 12.5 Å². The lowest BCUT2D eigenvalue weighted by molar-refractivity contribution is -0.118. The normalized spacial score (nSPS) is 14.8. The number of rotatable bonds is 5. The summed E-state index contributed by atoms with van der Waals surface area (Å²) in [4.78, 5) is 16.6. The number of benzene rings is 2. The molecule has 1 aromatic heterocycles. The molecule has 4 nitrogen and oxygen atoms in total. The highest BCUT2D eigenvalue weighted by molar-refractivity contribution is 8.16. The van der Waals surface area contributed by atoms with Gasteiger partial charge in [0.15, 0.2) is 6.61 Å². The summed E-state index contributed by atoms with van der Waals surface area (Å²) >= 11 is 3.99. The van der Waals surface area contributed by atoms with Crippen molar-refractivity contribution in [3.8, 4) is 5.75 Å². The number of ether oxygens (including phenoxy) is 1. The molecule has 1 aliphatic rings.